The van der Waals surface area contributed by atoms with Gasteiger partial charge in [-0.3, -0.25) is 4.90 Å². The molecule has 2 heterocycles. The van der Waals surface area contributed by atoms with E-state index in [9.17, 15) is 0 Å². The van der Waals surface area contributed by atoms with Gasteiger partial charge >= 0.3 is 0 Å². The van der Waals surface area contributed by atoms with Crippen molar-refractivity contribution >= 4 is 11.3 Å². The molecular weight excluding hydrogens is 270 g/mol. The number of thiazole rings is 1. The maximum Gasteiger partial charge on any atom is 0.118 e. The van der Waals surface area contributed by atoms with E-state index in [1.807, 2.05) is 12.4 Å². The molecule has 0 fully saturated rings. The van der Waals surface area contributed by atoms with Crippen LogP contribution in [0.15, 0.2) is 16.0 Å². The summed E-state index contributed by atoms with van der Waals surface area (Å²) in [5.74, 6) is 2.04. The van der Waals surface area contributed by atoms with Crippen LogP contribution in [-0.4, -0.2) is 23.5 Å². The molecule has 0 radical (unpaired) electrons. The Hall–Kier alpha value is -1.17. The topological polar surface area (TPSA) is 41.3 Å². The van der Waals surface area contributed by atoms with Crippen LogP contribution in [-0.2, 0) is 19.6 Å². The van der Waals surface area contributed by atoms with Crippen molar-refractivity contribution < 1.29 is 4.42 Å². The van der Waals surface area contributed by atoms with Crippen molar-refractivity contribution in [1.82, 2.24) is 15.2 Å². The average Bonchev–Trinajstić information content (AvgIpc) is 2.94. The van der Waals surface area contributed by atoms with Gasteiger partial charge in [-0.05, 0) is 33.5 Å². The molecule has 0 spiro atoms. The molecule has 0 atom stereocenters. The monoisotopic (exact) mass is 293 g/mol. The lowest BCUT2D eigenvalue weighted by Crippen LogP contribution is -2.16. The molecule has 2 aromatic rings. The Kier molecular flexibility index (Phi) is 5.34. The molecule has 0 bridgehead atoms. The van der Waals surface area contributed by atoms with E-state index in [4.69, 9.17) is 4.42 Å². The van der Waals surface area contributed by atoms with Crippen LogP contribution in [0.3, 0.4) is 0 Å². The lowest BCUT2D eigenvalue weighted by atomic mass is 10.2. The number of furan rings is 1. The summed E-state index contributed by atoms with van der Waals surface area (Å²) in [6, 6.07) is 2.16. The summed E-state index contributed by atoms with van der Waals surface area (Å²) in [4.78, 5) is 7.87. The summed E-state index contributed by atoms with van der Waals surface area (Å²) in [5, 5.41) is 3.34. The molecule has 0 saturated heterocycles. The molecule has 0 aliphatic heterocycles. The standard InChI is InChI=1S/C15H23N3OS/c1-5-16-7-13-6-14(19-12(13)3)8-18(4)9-15-11(2)17-10-20-15/h6,10,16H,5,7-9H2,1-4H3. The van der Waals surface area contributed by atoms with Crippen molar-refractivity contribution in [1.29, 1.82) is 0 Å². The smallest absolute Gasteiger partial charge is 0.118 e. The molecule has 2 rings (SSSR count). The lowest BCUT2D eigenvalue weighted by molar-refractivity contribution is 0.286. The molecule has 0 aliphatic rings. The first-order valence-corrected chi connectivity index (χ1v) is 7.84. The third-order valence-electron chi connectivity index (χ3n) is 3.32. The van der Waals surface area contributed by atoms with Gasteiger partial charge in [-0.15, -0.1) is 11.3 Å². The van der Waals surface area contributed by atoms with Crippen molar-refractivity contribution in [2.24, 2.45) is 0 Å². The summed E-state index contributed by atoms with van der Waals surface area (Å²) in [7, 11) is 2.11. The summed E-state index contributed by atoms with van der Waals surface area (Å²) in [6.07, 6.45) is 0. The first-order chi connectivity index (χ1) is 9.60. The lowest BCUT2D eigenvalue weighted by Gasteiger charge is -2.14. The first-order valence-electron chi connectivity index (χ1n) is 6.96. The van der Waals surface area contributed by atoms with Crippen LogP contribution < -0.4 is 5.32 Å². The number of hydrogen-bond acceptors (Lipinski definition) is 5. The summed E-state index contributed by atoms with van der Waals surface area (Å²) in [6.45, 7) is 9.80. The van der Waals surface area contributed by atoms with Crippen LogP contribution in [0, 0.1) is 13.8 Å². The Morgan fingerprint density at radius 1 is 1.35 bits per heavy atom. The number of aryl methyl sites for hydroxylation is 2. The zero-order valence-corrected chi connectivity index (χ0v) is 13.5. The van der Waals surface area contributed by atoms with E-state index < -0.39 is 0 Å². The molecule has 0 unspecified atom stereocenters. The minimum atomic E-state index is 0.824. The average molecular weight is 293 g/mol. The Labute approximate surface area is 124 Å². The summed E-state index contributed by atoms with van der Waals surface area (Å²) >= 11 is 1.71. The number of rotatable bonds is 7. The highest BCUT2D eigenvalue weighted by atomic mass is 32.1. The minimum Gasteiger partial charge on any atom is -0.465 e. The van der Waals surface area contributed by atoms with Crippen LogP contribution in [0.1, 0.15) is 34.6 Å². The van der Waals surface area contributed by atoms with Gasteiger partial charge < -0.3 is 9.73 Å². The van der Waals surface area contributed by atoms with Gasteiger partial charge in [-0.2, -0.15) is 0 Å². The molecular formula is C15H23N3OS. The van der Waals surface area contributed by atoms with Gasteiger partial charge in [0.25, 0.3) is 0 Å². The van der Waals surface area contributed by atoms with E-state index in [0.29, 0.717) is 0 Å². The number of nitrogens with one attached hydrogen (secondary N) is 1. The van der Waals surface area contributed by atoms with Crippen molar-refractivity contribution in [3.8, 4) is 0 Å². The van der Waals surface area contributed by atoms with Crippen LogP contribution in [0.25, 0.3) is 0 Å². The number of nitrogens with zero attached hydrogens (tertiary/aromatic N) is 2. The zero-order valence-electron chi connectivity index (χ0n) is 12.7. The van der Waals surface area contributed by atoms with E-state index in [1.54, 1.807) is 11.3 Å². The second kappa shape index (κ2) is 7.02. The van der Waals surface area contributed by atoms with E-state index in [1.165, 1.54) is 10.4 Å². The van der Waals surface area contributed by atoms with Gasteiger partial charge in [0.15, 0.2) is 0 Å². The minimum absolute atomic E-state index is 0.824. The van der Waals surface area contributed by atoms with E-state index in [0.717, 1.165) is 43.4 Å². The maximum atomic E-state index is 5.84. The van der Waals surface area contributed by atoms with Gasteiger partial charge in [0.2, 0.25) is 0 Å². The Morgan fingerprint density at radius 3 is 2.80 bits per heavy atom. The molecule has 0 amide bonds. The quantitative estimate of drug-likeness (QED) is 0.851. The van der Waals surface area contributed by atoms with Crippen LogP contribution >= 0.6 is 11.3 Å². The molecule has 4 nitrogen and oxygen atoms in total. The Bertz CT molecular complexity index is 547. The molecule has 0 saturated carbocycles. The molecule has 0 aliphatic carbocycles. The van der Waals surface area contributed by atoms with Gasteiger partial charge in [-0.25, -0.2) is 4.98 Å². The first kappa shape index (κ1) is 15.2. The maximum absolute atomic E-state index is 5.84. The van der Waals surface area contributed by atoms with Crippen molar-refractivity contribution in [3.63, 3.8) is 0 Å². The fourth-order valence-corrected chi connectivity index (χ4v) is 3.00. The molecule has 2 aromatic heterocycles. The fourth-order valence-electron chi connectivity index (χ4n) is 2.15. The largest absolute Gasteiger partial charge is 0.465 e. The molecule has 0 aromatic carbocycles. The highest BCUT2D eigenvalue weighted by molar-refractivity contribution is 7.09. The SMILES string of the molecule is CCNCc1cc(CN(C)Cc2scnc2C)oc1C. The molecule has 5 heteroatoms. The number of hydrogen-bond donors (Lipinski definition) is 1. The normalized spacial score (nSPS) is 11.4. The van der Waals surface area contributed by atoms with Gasteiger partial charge in [-0.1, -0.05) is 6.92 Å². The summed E-state index contributed by atoms with van der Waals surface area (Å²) < 4.78 is 5.84. The molecule has 1 N–H and O–H groups in total. The van der Waals surface area contributed by atoms with Crippen LogP contribution in [0.5, 0.6) is 0 Å². The molecule has 110 valence electrons. The van der Waals surface area contributed by atoms with E-state index in [2.05, 4.69) is 42.2 Å². The van der Waals surface area contributed by atoms with Crippen LogP contribution in [0.4, 0.5) is 0 Å². The van der Waals surface area contributed by atoms with E-state index in [-0.39, 0.29) is 0 Å². The van der Waals surface area contributed by atoms with Gasteiger partial charge in [0.1, 0.15) is 11.5 Å². The van der Waals surface area contributed by atoms with Gasteiger partial charge in [0, 0.05) is 23.5 Å². The summed E-state index contributed by atoms with van der Waals surface area (Å²) in [5.41, 5.74) is 4.29. The van der Waals surface area contributed by atoms with Crippen molar-refractivity contribution in [2.45, 2.75) is 40.4 Å². The molecule has 20 heavy (non-hydrogen) atoms. The Balaban J connectivity index is 1.94. The second-order valence-corrected chi connectivity index (χ2v) is 6.05. The highest BCUT2D eigenvalue weighted by Gasteiger charge is 2.11. The van der Waals surface area contributed by atoms with Gasteiger partial charge in [0.05, 0.1) is 17.7 Å². The highest BCUT2D eigenvalue weighted by Crippen LogP contribution is 2.19. The van der Waals surface area contributed by atoms with Crippen molar-refractivity contribution in [2.75, 3.05) is 13.6 Å². The van der Waals surface area contributed by atoms with E-state index >= 15 is 0 Å². The predicted octanol–water partition coefficient (Wildman–Crippen LogP) is 3.09. The predicted molar refractivity (Wildman–Crippen MR) is 82.8 cm³/mol. The third kappa shape index (κ3) is 3.91. The third-order valence-corrected chi connectivity index (χ3v) is 4.24. The zero-order chi connectivity index (χ0) is 14.5. The second-order valence-electron chi connectivity index (χ2n) is 5.11. The number of aromatic nitrogens is 1. The van der Waals surface area contributed by atoms with Crippen LogP contribution in [0.2, 0.25) is 0 Å². The fraction of sp³-hybridized carbons (Fsp3) is 0.533. The van der Waals surface area contributed by atoms with Crippen molar-refractivity contribution in [3.05, 3.63) is 39.2 Å². The Morgan fingerprint density at radius 2 is 2.15 bits per heavy atom.